The van der Waals surface area contributed by atoms with E-state index in [9.17, 15) is 0 Å². The average Bonchev–Trinajstić information content (AvgIpc) is 3.06. The second-order valence-electron chi connectivity index (χ2n) is 6.57. The molecule has 0 aromatic heterocycles. The van der Waals surface area contributed by atoms with E-state index in [1.807, 2.05) is 13.0 Å². The van der Waals surface area contributed by atoms with Gasteiger partial charge in [-0.05, 0) is 50.1 Å². The lowest BCUT2D eigenvalue weighted by atomic mass is 9.80. The molecule has 3 unspecified atom stereocenters. The predicted molar refractivity (Wildman–Crippen MR) is 99.7 cm³/mol. The van der Waals surface area contributed by atoms with Crippen LogP contribution in [0, 0.1) is 12.8 Å². The number of benzene rings is 2. The van der Waals surface area contributed by atoms with Crippen molar-refractivity contribution in [3.63, 3.8) is 0 Å². The number of aryl methyl sites for hydroxylation is 1. The Bertz CT molecular complexity index is 761. The number of halogens is 1. The van der Waals surface area contributed by atoms with Gasteiger partial charge in [0, 0.05) is 28.2 Å². The number of ether oxygens (including phenoxy) is 2. The number of rotatable bonds is 3. The lowest BCUT2D eigenvalue weighted by molar-refractivity contribution is 0.0828. The van der Waals surface area contributed by atoms with Gasteiger partial charge in [0.2, 0.25) is 0 Å². The van der Waals surface area contributed by atoms with Crippen molar-refractivity contribution in [2.75, 3.05) is 18.5 Å². The first-order valence-corrected chi connectivity index (χ1v) is 9.37. The quantitative estimate of drug-likeness (QED) is 0.764. The van der Waals surface area contributed by atoms with E-state index in [1.54, 1.807) is 0 Å². The van der Waals surface area contributed by atoms with Crippen LogP contribution in [0.1, 0.15) is 42.2 Å². The molecule has 0 amide bonds. The van der Waals surface area contributed by atoms with Crippen LogP contribution in [0.5, 0.6) is 5.75 Å². The lowest BCUT2D eigenvalue weighted by Gasteiger charge is -2.37. The van der Waals surface area contributed by atoms with Crippen molar-refractivity contribution in [3.8, 4) is 5.75 Å². The molecular formula is C20H22BrNO2. The molecule has 2 aromatic rings. The fourth-order valence-corrected chi connectivity index (χ4v) is 4.41. The van der Waals surface area contributed by atoms with Crippen LogP contribution < -0.4 is 10.1 Å². The first-order chi connectivity index (χ1) is 11.7. The maximum Gasteiger partial charge on any atom is 0.119 e. The first-order valence-electron chi connectivity index (χ1n) is 8.58. The molecule has 2 heterocycles. The average molecular weight is 388 g/mol. The van der Waals surface area contributed by atoms with Gasteiger partial charge in [0.25, 0.3) is 0 Å². The molecule has 0 bridgehead atoms. The molecule has 3 atom stereocenters. The molecule has 1 N–H and O–H groups in total. The second kappa shape index (κ2) is 6.41. The standard InChI is InChI=1S/C20H22BrNO2/c1-3-23-13-5-6-17(21)15(11-13)19-14-8-9-24-20(14)16-10-12(2)4-7-18(16)22-19/h4-7,10-11,14,19-20,22H,3,8-9H2,1-2H3. The van der Waals surface area contributed by atoms with Crippen LogP contribution in [-0.4, -0.2) is 13.2 Å². The van der Waals surface area contributed by atoms with Crippen LogP contribution in [0.15, 0.2) is 40.9 Å². The van der Waals surface area contributed by atoms with Crippen molar-refractivity contribution in [1.29, 1.82) is 0 Å². The lowest BCUT2D eigenvalue weighted by Crippen LogP contribution is -2.29. The normalized spacial score (nSPS) is 24.9. The van der Waals surface area contributed by atoms with Gasteiger partial charge in [0.15, 0.2) is 0 Å². The molecule has 4 rings (SSSR count). The fourth-order valence-electron chi connectivity index (χ4n) is 3.92. The third-order valence-electron chi connectivity index (χ3n) is 5.00. The van der Waals surface area contributed by atoms with Gasteiger partial charge in [-0.25, -0.2) is 0 Å². The van der Waals surface area contributed by atoms with Crippen molar-refractivity contribution in [2.24, 2.45) is 5.92 Å². The van der Waals surface area contributed by atoms with Gasteiger partial charge in [-0.15, -0.1) is 0 Å². The number of anilines is 1. The topological polar surface area (TPSA) is 30.5 Å². The van der Waals surface area contributed by atoms with Gasteiger partial charge in [0.05, 0.1) is 18.8 Å². The van der Waals surface area contributed by atoms with Gasteiger partial charge < -0.3 is 14.8 Å². The van der Waals surface area contributed by atoms with Crippen LogP contribution in [-0.2, 0) is 4.74 Å². The van der Waals surface area contributed by atoms with Crippen LogP contribution in [0.25, 0.3) is 0 Å². The number of hydrogen-bond donors (Lipinski definition) is 1. The largest absolute Gasteiger partial charge is 0.494 e. The highest BCUT2D eigenvalue weighted by Gasteiger charge is 2.42. The van der Waals surface area contributed by atoms with Crippen molar-refractivity contribution >= 4 is 21.6 Å². The zero-order chi connectivity index (χ0) is 16.7. The number of nitrogens with one attached hydrogen (secondary N) is 1. The summed E-state index contributed by atoms with van der Waals surface area (Å²) in [6.45, 7) is 5.65. The Morgan fingerprint density at radius 1 is 1.21 bits per heavy atom. The van der Waals surface area contributed by atoms with Gasteiger partial charge in [-0.1, -0.05) is 33.6 Å². The van der Waals surface area contributed by atoms with E-state index in [0.717, 1.165) is 23.2 Å². The van der Waals surface area contributed by atoms with Crippen LogP contribution in [0.3, 0.4) is 0 Å². The fraction of sp³-hybridized carbons (Fsp3) is 0.400. The summed E-state index contributed by atoms with van der Waals surface area (Å²) < 4.78 is 12.9. The third-order valence-corrected chi connectivity index (χ3v) is 5.73. The highest BCUT2D eigenvalue weighted by atomic mass is 79.9. The molecule has 1 saturated heterocycles. The van der Waals surface area contributed by atoms with Gasteiger partial charge in [-0.2, -0.15) is 0 Å². The Kier molecular flexibility index (Phi) is 4.27. The van der Waals surface area contributed by atoms with Crippen molar-refractivity contribution in [1.82, 2.24) is 0 Å². The second-order valence-corrected chi connectivity index (χ2v) is 7.43. The summed E-state index contributed by atoms with van der Waals surface area (Å²) >= 11 is 3.73. The van der Waals surface area contributed by atoms with E-state index < -0.39 is 0 Å². The molecule has 1 fully saturated rings. The van der Waals surface area contributed by atoms with Crippen molar-refractivity contribution in [3.05, 3.63) is 57.6 Å². The molecule has 24 heavy (non-hydrogen) atoms. The molecule has 3 nitrogen and oxygen atoms in total. The van der Waals surface area contributed by atoms with Crippen LogP contribution >= 0.6 is 15.9 Å². The van der Waals surface area contributed by atoms with E-state index in [2.05, 4.69) is 58.5 Å². The molecule has 2 aliphatic heterocycles. The summed E-state index contributed by atoms with van der Waals surface area (Å²) in [6.07, 6.45) is 1.25. The van der Waals surface area contributed by atoms with E-state index in [0.29, 0.717) is 12.5 Å². The maximum absolute atomic E-state index is 6.12. The molecule has 126 valence electrons. The van der Waals surface area contributed by atoms with Crippen LogP contribution in [0.2, 0.25) is 0 Å². The Labute approximate surface area is 151 Å². The molecule has 0 radical (unpaired) electrons. The van der Waals surface area contributed by atoms with E-state index in [4.69, 9.17) is 9.47 Å². The van der Waals surface area contributed by atoms with Crippen LogP contribution in [0.4, 0.5) is 5.69 Å². The van der Waals surface area contributed by atoms with Gasteiger partial charge in [-0.3, -0.25) is 0 Å². The van der Waals surface area contributed by atoms with Crippen molar-refractivity contribution < 1.29 is 9.47 Å². The Balaban J connectivity index is 1.76. The highest BCUT2D eigenvalue weighted by molar-refractivity contribution is 9.10. The Morgan fingerprint density at radius 3 is 2.92 bits per heavy atom. The summed E-state index contributed by atoms with van der Waals surface area (Å²) in [5.74, 6) is 1.36. The van der Waals surface area contributed by atoms with Crippen molar-refractivity contribution in [2.45, 2.75) is 32.4 Å². The minimum Gasteiger partial charge on any atom is -0.494 e. The molecule has 4 heteroatoms. The van der Waals surface area contributed by atoms with Gasteiger partial charge in [0.1, 0.15) is 5.75 Å². The Morgan fingerprint density at radius 2 is 2.08 bits per heavy atom. The molecule has 0 saturated carbocycles. The molecule has 2 aromatic carbocycles. The number of hydrogen-bond acceptors (Lipinski definition) is 3. The summed E-state index contributed by atoms with van der Waals surface area (Å²) in [5.41, 5.74) is 5.00. The van der Waals surface area contributed by atoms with E-state index in [-0.39, 0.29) is 12.1 Å². The summed E-state index contributed by atoms with van der Waals surface area (Å²) in [5, 5.41) is 3.76. The molecular weight excluding hydrogens is 366 g/mol. The van der Waals surface area contributed by atoms with E-state index >= 15 is 0 Å². The smallest absolute Gasteiger partial charge is 0.119 e. The summed E-state index contributed by atoms with van der Waals surface area (Å²) in [6, 6.07) is 13.1. The maximum atomic E-state index is 6.12. The predicted octanol–water partition coefficient (Wildman–Crippen LogP) is 5.40. The summed E-state index contributed by atoms with van der Waals surface area (Å²) in [7, 11) is 0. The van der Waals surface area contributed by atoms with E-state index in [1.165, 1.54) is 22.4 Å². The first kappa shape index (κ1) is 16.0. The SMILES string of the molecule is CCOc1ccc(Br)c(C2Nc3ccc(C)cc3C3OCCC23)c1. The number of fused-ring (bicyclic) bond motifs is 3. The molecule has 0 spiro atoms. The minimum atomic E-state index is 0.175. The molecule has 0 aliphatic carbocycles. The monoisotopic (exact) mass is 387 g/mol. The highest BCUT2D eigenvalue weighted by Crippen LogP contribution is 2.51. The third kappa shape index (κ3) is 2.72. The Hall–Kier alpha value is -1.52. The zero-order valence-corrected chi connectivity index (χ0v) is 15.6. The molecule has 2 aliphatic rings. The summed E-state index contributed by atoms with van der Waals surface area (Å²) in [4.78, 5) is 0. The zero-order valence-electron chi connectivity index (χ0n) is 14.0. The van der Waals surface area contributed by atoms with Gasteiger partial charge >= 0.3 is 0 Å². The minimum absolute atomic E-state index is 0.175.